The van der Waals surface area contributed by atoms with Crippen LogP contribution in [0.1, 0.15) is 40.2 Å². The second-order valence-corrected chi connectivity index (χ2v) is 8.61. The average Bonchev–Trinajstić information content (AvgIpc) is 2.59. The first-order chi connectivity index (χ1) is 13.1. The Bertz CT molecular complexity index is 666. The largest absolute Gasteiger partial charge is 0.467 e. The molecule has 9 heteroatoms. The van der Waals surface area contributed by atoms with Gasteiger partial charge in [-0.3, -0.25) is 13.8 Å². The van der Waals surface area contributed by atoms with Crippen molar-refractivity contribution in [1.82, 2.24) is 10.4 Å². The molecule has 0 fully saturated rings. The van der Waals surface area contributed by atoms with Crippen LogP contribution in [0.25, 0.3) is 0 Å². The number of carbonyl (C=O) groups excluding carboxylic acids is 2. The van der Waals surface area contributed by atoms with E-state index in [1.54, 1.807) is 27.7 Å². The highest BCUT2D eigenvalue weighted by Gasteiger charge is 2.35. The summed E-state index contributed by atoms with van der Waals surface area (Å²) in [5.74, 6) is -1.09. The maximum Gasteiger partial charge on any atom is 0.406 e. The van der Waals surface area contributed by atoms with Gasteiger partial charge in [0, 0.05) is 0 Å². The van der Waals surface area contributed by atoms with Crippen molar-refractivity contribution in [2.45, 2.75) is 65.3 Å². The molecule has 8 nitrogen and oxygen atoms in total. The van der Waals surface area contributed by atoms with E-state index in [0.717, 1.165) is 5.56 Å². The van der Waals surface area contributed by atoms with Crippen LogP contribution in [0.4, 0.5) is 0 Å². The van der Waals surface area contributed by atoms with E-state index in [1.165, 1.54) is 14.0 Å². The van der Waals surface area contributed by atoms with Crippen molar-refractivity contribution >= 4 is 19.6 Å². The minimum atomic E-state index is -3.78. The van der Waals surface area contributed by atoms with E-state index in [9.17, 15) is 14.2 Å². The zero-order chi connectivity index (χ0) is 21.3. The van der Waals surface area contributed by atoms with Gasteiger partial charge in [0.2, 0.25) is 5.91 Å². The van der Waals surface area contributed by atoms with E-state index in [0.29, 0.717) is 0 Å². The van der Waals surface area contributed by atoms with Crippen LogP contribution in [-0.2, 0) is 34.4 Å². The molecule has 1 rings (SSSR count). The molecule has 0 saturated heterocycles. The Morgan fingerprint density at radius 2 is 1.54 bits per heavy atom. The van der Waals surface area contributed by atoms with Crippen molar-refractivity contribution < 1.29 is 27.9 Å². The third-order valence-electron chi connectivity index (χ3n) is 3.53. The lowest BCUT2D eigenvalue weighted by atomic mass is 10.1. The molecule has 1 aromatic carbocycles. The molecule has 0 aliphatic rings. The summed E-state index contributed by atoms with van der Waals surface area (Å²) in [5.41, 5.74) is 0.849. The second-order valence-electron chi connectivity index (χ2n) is 6.93. The van der Waals surface area contributed by atoms with Crippen molar-refractivity contribution in [2.75, 3.05) is 7.11 Å². The first-order valence-corrected chi connectivity index (χ1v) is 10.8. The fourth-order valence-electron chi connectivity index (χ4n) is 2.43. The van der Waals surface area contributed by atoms with E-state index >= 15 is 0 Å². The van der Waals surface area contributed by atoms with Crippen LogP contribution < -0.4 is 10.4 Å². The molecule has 0 unspecified atom stereocenters. The topological polar surface area (TPSA) is 103 Å². The van der Waals surface area contributed by atoms with Crippen molar-refractivity contribution in [3.8, 4) is 0 Å². The minimum absolute atomic E-state index is 0.230. The second kappa shape index (κ2) is 11.3. The molecule has 2 atom stereocenters. The molecule has 158 valence electrons. The number of esters is 1. The minimum Gasteiger partial charge on any atom is -0.467 e. The highest BCUT2D eigenvalue weighted by molar-refractivity contribution is 7.51. The number of ether oxygens (including phenoxy) is 1. The van der Waals surface area contributed by atoms with Gasteiger partial charge in [-0.15, -0.1) is 0 Å². The number of benzene rings is 1. The monoisotopic (exact) mass is 414 g/mol. The number of amides is 1. The molecular formula is C19H31N2O6P. The van der Waals surface area contributed by atoms with E-state index in [-0.39, 0.29) is 18.6 Å². The summed E-state index contributed by atoms with van der Waals surface area (Å²) in [6, 6.07) is 7.45. The lowest BCUT2D eigenvalue weighted by molar-refractivity contribution is -0.144. The Kier molecular flexibility index (Phi) is 9.82. The van der Waals surface area contributed by atoms with Crippen LogP contribution in [0.5, 0.6) is 0 Å². The van der Waals surface area contributed by atoms with Gasteiger partial charge in [-0.1, -0.05) is 30.3 Å². The first-order valence-electron chi connectivity index (χ1n) is 9.23. The molecule has 0 bridgehead atoms. The van der Waals surface area contributed by atoms with Crippen molar-refractivity contribution in [3.63, 3.8) is 0 Å². The molecule has 1 amide bonds. The highest BCUT2D eigenvalue weighted by atomic mass is 31.2. The fourth-order valence-corrected chi connectivity index (χ4v) is 4.30. The lowest BCUT2D eigenvalue weighted by Gasteiger charge is -2.28. The third-order valence-corrected chi connectivity index (χ3v) is 5.55. The van der Waals surface area contributed by atoms with Crippen LogP contribution >= 0.6 is 7.75 Å². The Morgan fingerprint density at radius 1 is 1.00 bits per heavy atom. The standard InChI is InChI=1S/C19H31N2O6P/c1-13(2)26-28(24,27-14(3)4)21-17(12-16-10-8-7-9-11-16)18(22)20-15(5)19(23)25-6/h7-11,13-15,17H,12H2,1-6H3,(H,20,22)(H,21,24)/t15-,17-/m0/s1. The maximum absolute atomic E-state index is 13.2. The van der Waals surface area contributed by atoms with Gasteiger partial charge in [0.05, 0.1) is 19.3 Å². The molecule has 0 heterocycles. The van der Waals surface area contributed by atoms with Gasteiger partial charge in [-0.05, 0) is 46.6 Å². The van der Waals surface area contributed by atoms with Crippen molar-refractivity contribution in [1.29, 1.82) is 0 Å². The van der Waals surface area contributed by atoms with Crippen molar-refractivity contribution in [2.24, 2.45) is 0 Å². The number of nitrogens with one attached hydrogen (secondary N) is 2. The molecule has 0 spiro atoms. The zero-order valence-corrected chi connectivity index (χ0v) is 18.2. The van der Waals surface area contributed by atoms with Crippen LogP contribution in [-0.4, -0.2) is 43.3 Å². The summed E-state index contributed by atoms with van der Waals surface area (Å²) in [5, 5.41) is 5.32. The SMILES string of the molecule is COC(=O)[C@H](C)NC(=O)[C@H](Cc1ccccc1)NP(=O)(OC(C)C)OC(C)C. The fraction of sp³-hybridized carbons (Fsp3) is 0.579. The number of rotatable bonds is 11. The van der Waals surface area contributed by atoms with Gasteiger partial charge in [0.15, 0.2) is 0 Å². The lowest BCUT2D eigenvalue weighted by Crippen LogP contribution is -2.50. The Balaban J connectivity index is 3.08. The third kappa shape index (κ3) is 8.52. The number of hydrogen-bond donors (Lipinski definition) is 2. The van der Waals surface area contributed by atoms with Crippen LogP contribution in [0, 0.1) is 0 Å². The molecular weight excluding hydrogens is 383 g/mol. The van der Waals surface area contributed by atoms with E-state index in [2.05, 4.69) is 15.1 Å². The smallest absolute Gasteiger partial charge is 0.406 e. The molecule has 28 heavy (non-hydrogen) atoms. The summed E-state index contributed by atoms with van der Waals surface area (Å²) in [6.07, 6.45) is -0.536. The molecule has 1 aromatic rings. The van der Waals surface area contributed by atoms with Crippen LogP contribution in [0.15, 0.2) is 30.3 Å². The van der Waals surface area contributed by atoms with Crippen molar-refractivity contribution in [3.05, 3.63) is 35.9 Å². The predicted molar refractivity (Wildman–Crippen MR) is 107 cm³/mol. The van der Waals surface area contributed by atoms with Gasteiger partial charge in [-0.2, -0.15) is 0 Å². The summed E-state index contributed by atoms with van der Waals surface area (Å²) in [7, 11) is -2.54. The molecule has 0 aliphatic carbocycles. The van der Waals surface area contributed by atoms with E-state index in [1.807, 2.05) is 30.3 Å². The van der Waals surface area contributed by atoms with Crippen LogP contribution in [0.2, 0.25) is 0 Å². The summed E-state index contributed by atoms with van der Waals surface area (Å²) < 4.78 is 28.8. The van der Waals surface area contributed by atoms with Gasteiger partial charge < -0.3 is 10.1 Å². The summed E-state index contributed by atoms with van der Waals surface area (Å²) in [6.45, 7) is 8.42. The molecule has 0 aliphatic heterocycles. The summed E-state index contributed by atoms with van der Waals surface area (Å²) >= 11 is 0. The Morgan fingerprint density at radius 3 is 2.00 bits per heavy atom. The molecule has 2 N–H and O–H groups in total. The van der Waals surface area contributed by atoms with Gasteiger partial charge >= 0.3 is 13.7 Å². The van der Waals surface area contributed by atoms with Crippen LogP contribution in [0.3, 0.4) is 0 Å². The molecule has 0 saturated carbocycles. The Hall–Kier alpha value is -1.73. The number of carbonyl (C=O) groups is 2. The predicted octanol–water partition coefficient (Wildman–Crippen LogP) is 2.82. The van der Waals surface area contributed by atoms with E-state index < -0.39 is 31.7 Å². The molecule has 0 radical (unpaired) electrons. The highest BCUT2D eigenvalue weighted by Crippen LogP contribution is 2.47. The normalized spacial score (nSPS) is 14.0. The summed E-state index contributed by atoms with van der Waals surface area (Å²) in [4.78, 5) is 24.5. The van der Waals surface area contributed by atoms with E-state index in [4.69, 9.17) is 9.05 Å². The zero-order valence-electron chi connectivity index (χ0n) is 17.3. The average molecular weight is 414 g/mol. The van der Waals surface area contributed by atoms with Gasteiger partial charge in [0.1, 0.15) is 12.1 Å². The molecule has 0 aromatic heterocycles. The quantitative estimate of drug-likeness (QED) is 0.424. The maximum atomic E-state index is 13.2. The van der Waals surface area contributed by atoms with Gasteiger partial charge in [-0.25, -0.2) is 14.4 Å². The number of hydrogen-bond acceptors (Lipinski definition) is 6. The number of methoxy groups -OCH3 is 1. The first kappa shape index (κ1) is 24.3. The van der Waals surface area contributed by atoms with Gasteiger partial charge in [0.25, 0.3) is 0 Å². The Labute approximate surface area is 166 Å².